The van der Waals surface area contributed by atoms with Crippen molar-refractivity contribution in [1.82, 2.24) is 0 Å². The Kier molecular flexibility index (Phi) is 3.34. The Hall–Kier alpha value is -1.64. The molecule has 0 saturated heterocycles. The zero-order chi connectivity index (χ0) is 11.4. The molecule has 0 aliphatic carbocycles. The SMILES string of the molecule is CCCc1ccc(CC2O[C-]=NC2=O)cc1. The van der Waals surface area contributed by atoms with Gasteiger partial charge in [-0.1, -0.05) is 37.6 Å². The van der Waals surface area contributed by atoms with Crippen LogP contribution in [0.4, 0.5) is 0 Å². The van der Waals surface area contributed by atoms with Crippen LogP contribution < -0.4 is 0 Å². The molecule has 1 heterocycles. The zero-order valence-corrected chi connectivity index (χ0v) is 9.27. The molecule has 0 fully saturated rings. The first-order valence-electron chi connectivity index (χ1n) is 5.52. The van der Waals surface area contributed by atoms with Crippen molar-refractivity contribution in [2.24, 2.45) is 4.99 Å². The van der Waals surface area contributed by atoms with Crippen LogP contribution in [0, 0.1) is 0 Å². The largest absolute Gasteiger partial charge is 0.577 e. The van der Waals surface area contributed by atoms with Crippen LogP contribution >= 0.6 is 0 Å². The summed E-state index contributed by atoms with van der Waals surface area (Å²) in [5.41, 5.74) is 2.42. The molecule has 1 atom stereocenters. The molecule has 2 rings (SSSR count). The summed E-state index contributed by atoms with van der Waals surface area (Å²) in [6.07, 6.45) is 4.58. The standard InChI is InChI=1S/C13H14NO2/c1-2-3-10-4-6-11(7-5-10)8-12-13(15)14-9-16-12/h4-7,12H,2-3,8H2,1H3/q-1. The van der Waals surface area contributed by atoms with Crippen molar-refractivity contribution in [3.05, 3.63) is 35.4 Å². The molecule has 3 heteroatoms. The summed E-state index contributed by atoms with van der Waals surface area (Å²) in [6.45, 7) is 2.16. The van der Waals surface area contributed by atoms with Crippen LogP contribution in [-0.2, 0) is 22.4 Å². The molecule has 84 valence electrons. The van der Waals surface area contributed by atoms with E-state index in [0.717, 1.165) is 18.4 Å². The second-order valence-corrected chi connectivity index (χ2v) is 3.92. The number of rotatable bonds is 4. The highest BCUT2D eigenvalue weighted by atomic mass is 16.5. The van der Waals surface area contributed by atoms with E-state index in [1.54, 1.807) is 0 Å². The number of hydrogen-bond donors (Lipinski definition) is 0. The van der Waals surface area contributed by atoms with Gasteiger partial charge in [-0.2, -0.15) is 0 Å². The molecule has 1 unspecified atom stereocenters. The average molecular weight is 216 g/mol. The van der Waals surface area contributed by atoms with Crippen LogP contribution in [0.25, 0.3) is 0 Å². The summed E-state index contributed by atoms with van der Waals surface area (Å²) < 4.78 is 4.98. The van der Waals surface area contributed by atoms with E-state index < -0.39 is 6.10 Å². The van der Waals surface area contributed by atoms with Gasteiger partial charge >= 0.3 is 0 Å². The van der Waals surface area contributed by atoms with E-state index in [1.165, 1.54) is 5.56 Å². The predicted molar refractivity (Wildman–Crippen MR) is 61.5 cm³/mol. The van der Waals surface area contributed by atoms with Crippen LogP contribution in [0.2, 0.25) is 0 Å². The van der Waals surface area contributed by atoms with Crippen molar-refractivity contribution >= 4 is 12.3 Å². The number of benzene rings is 1. The minimum Gasteiger partial charge on any atom is -0.577 e. The normalized spacial score (nSPS) is 18.8. The minimum atomic E-state index is -0.475. The van der Waals surface area contributed by atoms with Crippen molar-refractivity contribution in [3.8, 4) is 0 Å². The molecular weight excluding hydrogens is 202 g/mol. The van der Waals surface area contributed by atoms with Crippen molar-refractivity contribution in [2.75, 3.05) is 0 Å². The molecular formula is C13H14NO2-. The van der Waals surface area contributed by atoms with Crippen molar-refractivity contribution < 1.29 is 9.53 Å². The number of carbonyl (C=O) groups excluding carboxylic acids is 1. The van der Waals surface area contributed by atoms with Gasteiger partial charge in [0, 0.05) is 6.40 Å². The van der Waals surface area contributed by atoms with Crippen LogP contribution in [-0.4, -0.2) is 18.4 Å². The van der Waals surface area contributed by atoms with Gasteiger partial charge in [0.25, 0.3) is 0 Å². The van der Waals surface area contributed by atoms with E-state index in [-0.39, 0.29) is 5.91 Å². The van der Waals surface area contributed by atoms with Gasteiger partial charge in [-0.3, -0.25) is 0 Å². The summed E-state index contributed by atoms with van der Waals surface area (Å²) in [7, 11) is 0. The third kappa shape index (κ3) is 2.48. The van der Waals surface area contributed by atoms with Gasteiger partial charge in [0.15, 0.2) is 0 Å². The van der Waals surface area contributed by atoms with E-state index in [4.69, 9.17) is 4.74 Å². The number of amides is 1. The lowest BCUT2D eigenvalue weighted by molar-refractivity contribution is -0.122. The maximum atomic E-state index is 11.2. The molecule has 1 aromatic rings. The van der Waals surface area contributed by atoms with Crippen LogP contribution in [0.5, 0.6) is 0 Å². The summed E-state index contributed by atoms with van der Waals surface area (Å²) in [5.74, 6) is -0.238. The second-order valence-electron chi connectivity index (χ2n) is 3.92. The Bertz CT molecular complexity index is 395. The Labute approximate surface area is 95.2 Å². The summed E-state index contributed by atoms with van der Waals surface area (Å²) in [6, 6.07) is 8.28. The van der Waals surface area contributed by atoms with Gasteiger partial charge in [0.1, 0.15) is 5.91 Å². The van der Waals surface area contributed by atoms with Gasteiger partial charge < -0.3 is 14.5 Å². The van der Waals surface area contributed by atoms with Gasteiger partial charge in [0.05, 0.1) is 6.10 Å². The molecule has 1 aromatic carbocycles. The van der Waals surface area contributed by atoms with Gasteiger partial charge in [-0.05, 0) is 24.0 Å². The molecule has 0 spiro atoms. The highest BCUT2D eigenvalue weighted by Gasteiger charge is 2.13. The van der Waals surface area contributed by atoms with Crippen LogP contribution in [0.3, 0.4) is 0 Å². The summed E-state index contributed by atoms with van der Waals surface area (Å²) in [5, 5.41) is 0. The molecule has 0 N–H and O–H groups in total. The first-order chi connectivity index (χ1) is 7.79. The lowest BCUT2D eigenvalue weighted by Crippen LogP contribution is -2.19. The Morgan fingerprint density at radius 3 is 2.56 bits per heavy atom. The quantitative estimate of drug-likeness (QED) is 0.722. The maximum Gasteiger partial charge on any atom is 0.128 e. The third-order valence-electron chi connectivity index (χ3n) is 2.61. The maximum absolute atomic E-state index is 11.2. The van der Waals surface area contributed by atoms with E-state index in [9.17, 15) is 4.79 Å². The van der Waals surface area contributed by atoms with E-state index in [0.29, 0.717) is 6.42 Å². The number of carbonyl (C=O) groups is 1. The first-order valence-corrected chi connectivity index (χ1v) is 5.52. The molecule has 1 aliphatic heterocycles. The van der Waals surface area contributed by atoms with E-state index >= 15 is 0 Å². The van der Waals surface area contributed by atoms with Gasteiger partial charge in [-0.15, -0.1) is 0 Å². The second kappa shape index (κ2) is 4.92. The molecule has 0 radical (unpaired) electrons. The number of aryl methyl sites for hydroxylation is 1. The molecule has 0 aromatic heterocycles. The Morgan fingerprint density at radius 1 is 1.31 bits per heavy atom. The topological polar surface area (TPSA) is 38.7 Å². The first kappa shape index (κ1) is 10.9. The van der Waals surface area contributed by atoms with Gasteiger partial charge in [0.2, 0.25) is 0 Å². The number of nitrogens with zero attached hydrogens (tertiary/aromatic N) is 1. The molecule has 1 amide bonds. The van der Waals surface area contributed by atoms with Crippen molar-refractivity contribution in [1.29, 1.82) is 0 Å². The Balaban J connectivity index is 1.97. The summed E-state index contributed by atoms with van der Waals surface area (Å²) >= 11 is 0. The molecule has 1 aliphatic rings. The zero-order valence-electron chi connectivity index (χ0n) is 9.27. The highest BCUT2D eigenvalue weighted by Crippen LogP contribution is 2.12. The highest BCUT2D eigenvalue weighted by molar-refractivity contribution is 5.91. The fourth-order valence-corrected chi connectivity index (χ4v) is 1.73. The fourth-order valence-electron chi connectivity index (χ4n) is 1.73. The smallest absolute Gasteiger partial charge is 0.128 e. The van der Waals surface area contributed by atoms with Crippen LogP contribution in [0.1, 0.15) is 24.5 Å². The third-order valence-corrected chi connectivity index (χ3v) is 2.61. The minimum absolute atomic E-state index is 0.238. The number of hydrogen-bond acceptors (Lipinski definition) is 2. The number of ether oxygens (including phenoxy) is 1. The lowest BCUT2D eigenvalue weighted by Gasteiger charge is -2.14. The monoisotopic (exact) mass is 216 g/mol. The fraction of sp³-hybridized carbons (Fsp3) is 0.385. The summed E-state index contributed by atoms with van der Waals surface area (Å²) in [4.78, 5) is 14.6. The predicted octanol–water partition coefficient (Wildman–Crippen LogP) is 2.01. The Morgan fingerprint density at radius 2 is 2.00 bits per heavy atom. The van der Waals surface area contributed by atoms with Crippen LogP contribution in [0.15, 0.2) is 29.3 Å². The van der Waals surface area contributed by atoms with Crippen molar-refractivity contribution in [3.63, 3.8) is 0 Å². The van der Waals surface area contributed by atoms with E-state index in [1.807, 2.05) is 12.1 Å². The molecule has 3 nitrogen and oxygen atoms in total. The molecule has 16 heavy (non-hydrogen) atoms. The average Bonchev–Trinajstić information content (AvgIpc) is 2.68. The number of aliphatic imine (C=N–C) groups is 1. The van der Waals surface area contributed by atoms with E-state index in [2.05, 4.69) is 30.4 Å². The molecule has 0 saturated carbocycles. The lowest BCUT2D eigenvalue weighted by atomic mass is 10.0. The van der Waals surface area contributed by atoms with Crippen molar-refractivity contribution in [2.45, 2.75) is 32.3 Å². The van der Waals surface area contributed by atoms with Gasteiger partial charge in [-0.25, -0.2) is 0 Å². The molecule has 0 bridgehead atoms.